The van der Waals surface area contributed by atoms with E-state index >= 15 is 0 Å². The van der Waals surface area contributed by atoms with Crippen LogP contribution in [0, 0.1) is 0 Å². The Kier molecular flexibility index (Phi) is 2.58. The molecule has 14 heavy (non-hydrogen) atoms. The fourth-order valence-corrected chi connectivity index (χ4v) is 2.25. The van der Waals surface area contributed by atoms with Crippen molar-refractivity contribution in [2.45, 2.75) is 51.6 Å². The van der Waals surface area contributed by atoms with Gasteiger partial charge in [-0.15, -0.1) is 5.10 Å². The summed E-state index contributed by atoms with van der Waals surface area (Å²) in [5.41, 5.74) is 1.58. The molecular formula is C10H17N3S. The smallest absolute Gasteiger partial charge is 0.0859 e. The van der Waals surface area contributed by atoms with E-state index in [1.165, 1.54) is 34.9 Å². The van der Waals surface area contributed by atoms with E-state index in [-0.39, 0.29) is 0 Å². The summed E-state index contributed by atoms with van der Waals surface area (Å²) < 4.78 is 4.06. The molecule has 1 aromatic rings. The first-order valence-corrected chi connectivity index (χ1v) is 5.94. The minimum atomic E-state index is 0.348. The largest absolute Gasteiger partial charge is 0.310 e. The van der Waals surface area contributed by atoms with E-state index in [2.05, 4.69) is 35.7 Å². The monoisotopic (exact) mass is 211 g/mol. The lowest BCUT2D eigenvalue weighted by molar-refractivity contribution is 0.585. The maximum atomic E-state index is 4.26. The van der Waals surface area contributed by atoms with Gasteiger partial charge in [-0.2, -0.15) is 0 Å². The number of nitrogens with zero attached hydrogens (tertiary/aromatic N) is 2. The molecule has 0 aliphatic heterocycles. The highest BCUT2D eigenvalue weighted by atomic mass is 32.1. The summed E-state index contributed by atoms with van der Waals surface area (Å²) in [4.78, 5) is 1.32. The van der Waals surface area contributed by atoms with E-state index < -0.39 is 0 Å². The fraction of sp³-hybridized carbons (Fsp3) is 0.800. The zero-order chi connectivity index (χ0) is 10.2. The Bertz CT molecular complexity index is 315. The predicted molar refractivity (Wildman–Crippen MR) is 58.5 cm³/mol. The molecule has 1 aromatic heterocycles. The Labute approximate surface area is 89.1 Å². The van der Waals surface area contributed by atoms with E-state index in [0.717, 1.165) is 6.54 Å². The topological polar surface area (TPSA) is 37.8 Å². The third-order valence-corrected chi connectivity index (χ3v) is 3.52. The number of nitrogens with one attached hydrogen (secondary N) is 1. The van der Waals surface area contributed by atoms with Crippen molar-refractivity contribution >= 4 is 11.5 Å². The molecule has 4 heteroatoms. The predicted octanol–water partition coefficient (Wildman–Crippen LogP) is 2.09. The van der Waals surface area contributed by atoms with Crippen LogP contribution in [0.25, 0.3) is 0 Å². The highest BCUT2D eigenvalue weighted by Crippen LogP contribution is 2.48. The zero-order valence-corrected chi connectivity index (χ0v) is 9.82. The third kappa shape index (κ3) is 1.96. The lowest BCUT2D eigenvalue weighted by Gasteiger charge is -2.09. The summed E-state index contributed by atoms with van der Waals surface area (Å²) in [5, 5.41) is 7.67. The average Bonchev–Trinajstić information content (AvgIpc) is 2.70. The molecular weight excluding hydrogens is 194 g/mol. The van der Waals surface area contributed by atoms with E-state index in [9.17, 15) is 0 Å². The lowest BCUT2D eigenvalue weighted by atomic mass is 10.0. The fourth-order valence-electron chi connectivity index (χ4n) is 1.50. The SMILES string of the molecule is CC(C)NCc1snnc1C1(C)CC1. The molecule has 1 N–H and O–H groups in total. The second-order valence-corrected chi connectivity index (χ2v) is 5.48. The van der Waals surface area contributed by atoms with Crippen molar-refractivity contribution < 1.29 is 0 Å². The van der Waals surface area contributed by atoms with Gasteiger partial charge in [-0.05, 0) is 24.4 Å². The van der Waals surface area contributed by atoms with Gasteiger partial charge in [0, 0.05) is 18.0 Å². The molecule has 0 amide bonds. The number of hydrogen-bond acceptors (Lipinski definition) is 4. The van der Waals surface area contributed by atoms with E-state index in [0.29, 0.717) is 11.5 Å². The van der Waals surface area contributed by atoms with Crippen molar-refractivity contribution in [3.05, 3.63) is 10.6 Å². The molecule has 0 unspecified atom stereocenters. The number of hydrogen-bond donors (Lipinski definition) is 1. The van der Waals surface area contributed by atoms with E-state index in [4.69, 9.17) is 0 Å². The van der Waals surface area contributed by atoms with Crippen LogP contribution in [0.4, 0.5) is 0 Å². The van der Waals surface area contributed by atoms with Gasteiger partial charge < -0.3 is 5.32 Å². The van der Waals surface area contributed by atoms with Gasteiger partial charge in [-0.25, -0.2) is 0 Å². The highest BCUT2D eigenvalue weighted by molar-refractivity contribution is 7.05. The van der Waals surface area contributed by atoms with Crippen molar-refractivity contribution in [2.24, 2.45) is 0 Å². The van der Waals surface area contributed by atoms with E-state index in [1.54, 1.807) is 0 Å². The molecule has 0 spiro atoms. The van der Waals surface area contributed by atoms with Crippen molar-refractivity contribution in [2.75, 3.05) is 0 Å². The molecule has 2 rings (SSSR count). The first kappa shape index (κ1) is 10.1. The van der Waals surface area contributed by atoms with Crippen LogP contribution < -0.4 is 5.32 Å². The molecule has 1 aliphatic rings. The molecule has 1 aliphatic carbocycles. The van der Waals surface area contributed by atoms with Crippen molar-refractivity contribution in [1.82, 2.24) is 14.9 Å². The van der Waals surface area contributed by atoms with Gasteiger partial charge in [0.1, 0.15) is 0 Å². The lowest BCUT2D eigenvalue weighted by Crippen LogP contribution is -2.22. The molecule has 0 radical (unpaired) electrons. The maximum Gasteiger partial charge on any atom is 0.0859 e. The first-order valence-electron chi connectivity index (χ1n) is 5.17. The molecule has 0 bridgehead atoms. The van der Waals surface area contributed by atoms with Crippen LogP contribution in [-0.4, -0.2) is 15.6 Å². The quantitative estimate of drug-likeness (QED) is 0.828. The zero-order valence-electron chi connectivity index (χ0n) is 9.00. The Morgan fingerprint density at radius 3 is 2.79 bits per heavy atom. The molecule has 1 heterocycles. The van der Waals surface area contributed by atoms with Gasteiger partial charge in [-0.1, -0.05) is 25.3 Å². The molecule has 0 aromatic carbocycles. The van der Waals surface area contributed by atoms with Crippen LogP contribution in [0.15, 0.2) is 0 Å². The first-order chi connectivity index (χ1) is 6.62. The van der Waals surface area contributed by atoms with Crippen LogP contribution in [0.3, 0.4) is 0 Å². The standard InChI is InChI=1S/C10H17N3S/c1-7(2)11-6-8-9(12-13-14-8)10(3)4-5-10/h7,11H,4-6H2,1-3H3. The summed E-state index contributed by atoms with van der Waals surface area (Å²) in [6.45, 7) is 7.52. The van der Waals surface area contributed by atoms with Crippen molar-refractivity contribution in [3.8, 4) is 0 Å². The van der Waals surface area contributed by atoms with Gasteiger partial charge in [-0.3, -0.25) is 0 Å². The minimum Gasteiger partial charge on any atom is -0.310 e. The summed E-state index contributed by atoms with van der Waals surface area (Å²) in [7, 11) is 0. The third-order valence-electron chi connectivity index (χ3n) is 2.80. The summed E-state index contributed by atoms with van der Waals surface area (Å²) in [6.07, 6.45) is 2.54. The number of aromatic nitrogens is 2. The Morgan fingerprint density at radius 2 is 2.21 bits per heavy atom. The molecule has 78 valence electrons. The summed E-state index contributed by atoms with van der Waals surface area (Å²) >= 11 is 1.53. The summed E-state index contributed by atoms with van der Waals surface area (Å²) in [5.74, 6) is 0. The van der Waals surface area contributed by atoms with Crippen LogP contribution in [0.2, 0.25) is 0 Å². The van der Waals surface area contributed by atoms with Crippen LogP contribution in [0.5, 0.6) is 0 Å². The van der Waals surface area contributed by atoms with Crippen LogP contribution in [0.1, 0.15) is 44.2 Å². The maximum absolute atomic E-state index is 4.26. The summed E-state index contributed by atoms with van der Waals surface area (Å²) in [6, 6.07) is 0.525. The average molecular weight is 211 g/mol. The van der Waals surface area contributed by atoms with Gasteiger partial charge in [0.25, 0.3) is 0 Å². The van der Waals surface area contributed by atoms with Crippen molar-refractivity contribution in [1.29, 1.82) is 0 Å². The minimum absolute atomic E-state index is 0.348. The highest BCUT2D eigenvalue weighted by Gasteiger charge is 2.43. The Hall–Kier alpha value is -0.480. The number of rotatable bonds is 4. The molecule has 0 atom stereocenters. The van der Waals surface area contributed by atoms with Gasteiger partial charge in [0.15, 0.2) is 0 Å². The van der Waals surface area contributed by atoms with Crippen LogP contribution in [-0.2, 0) is 12.0 Å². The second kappa shape index (κ2) is 3.59. The molecule has 0 saturated heterocycles. The molecule has 1 saturated carbocycles. The van der Waals surface area contributed by atoms with Crippen molar-refractivity contribution in [3.63, 3.8) is 0 Å². The van der Waals surface area contributed by atoms with E-state index in [1.807, 2.05) is 0 Å². The van der Waals surface area contributed by atoms with Crippen LogP contribution >= 0.6 is 11.5 Å². The Balaban J connectivity index is 2.06. The normalized spacial score (nSPS) is 18.9. The second-order valence-electron chi connectivity index (χ2n) is 4.64. The molecule has 1 fully saturated rings. The Morgan fingerprint density at radius 1 is 1.50 bits per heavy atom. The van der Waals surface area contributed by atoms with Gasteiger partial charge in [0.05, 0.1) is 10.6 Å². The van der Waals surface area contributed by atoms with Gasteiger partial charge in [0.2, 0.25) is 0 Å². The van der Waals surface area contributed by atoms with Gasteiger partial charge >= 0.3 is 0 Å². The molecule has 3 nitrogen and oxygen atoms in total.